The molecule has 1 aromatic carbocycles. The number of hydrogen-bond acceptors (Lipinski definition) is 3. The van der Waals surface area contributed by atoms with Crippen LogP contribution in [0.4, 0.5) is 0 Å². The summed E-state index contributed by atoms with van der Waals surface area (Å²) in [5.74, 6) is 0.675. The van der Waals surface area contributed by atoms with Crippen molar-refractivity contribution in [2.24, 2.45) is 11.7 Å². The van der Waals surface area contributed by atoms with E-state index < -0.39 is 10.0 Å². The van der Waals surface area contributed by atoms with Gasteiger partial charge in [-0.25, -0.2) is 13.1 Å². The number of benzene rings is 1. The van der Waals surface area contributed by atoms with E-state index >= 15 is 0 Å². The minimum Gasteiger partial charge on any atom is -0.326 e. The highest BCUT2D eigenvalue weighted by molar-refractivity contribution is 7.89. The second-order valence-corrected chi connectivity index (χ2v) is 7.09. The van der Waals surface area contributed by atoms with Gasteiger partial charge in [0.1, 0.15) is 4.90 Å². The molecule has 0 unspecified atom stereocenters. The second-order valence-electron chi connectivity index (χ2n) is 4.95. The summed E-state index contributed by atoms with van der Waals surface area (Å²) >= 11 is 5.96. The zero-order valence-corrected chi connectivity index (χ0v) is 12.3. The topological polar surface area (TPSA) is 72.2 Å². The van der Waals surface area contributed by atoms with Gasteiger partial charge in [0.15, 0.2) is 0 Å². The van der Waals surface area contributed by atoms with Gasteiger partial charge < -0.3 is 5.73 Å². The molecule has 0 spiro atoms. The van der Waals surface area contributed by atoms with E-state index in [1.807, 2.05) is 0 Å². The van der Waals surface area contributed by atoms with Gasteiger partial charge in [-0.1, -0.05) is 36.9 Å². The zero-order chi connectivity index (χ0) is 13.9. The maximum Gasteiger partial charge on any atom is 0.242 e. The molecule has 106 valence electrons. The number of hydrogen-bond donors (Lipinski definition) is 2. The van der Waals surface area contributed by atoms with E-state index in [-0.39, 0.29) is 9.92 Å². The van der Waals surface area contributed by atoms with Crippen molar-refractivity contribution >= 4 is 21.6 Å². The van der Waals surface area contributed by atoms with E-state index in [9.17, 15) is 8.42 Å². The van der Waals surface area contributed by atoms with Crippen LogP contribution in [0.25, 0.3) is 0 Å². The molecule has 1 aliphatic rings. The van der Waals surface area contributed by atoms with Gasteiger partial charge in [0.05, 0.1) is 5.02 Å². The fourth-order valence-electron chi connectivity index (χ4n) is 2.14. The maximum atomic E-state index is 12.2. The van der Waals surface area contributed by atoms with Crippen molar-refractivity contribution in [3.8, 4) is 0 Å². The van der Waals surface area contributed by atoms with Crippen LogP contribution in [0, 0.1) is 5.92 Å². The predicted molar refractivity (Wildman–Crippen MR) is 76.5 cm³/mol. The predicted octanol–water partition coefficient (Wildman–Crippen LogP) is 2.27. The lowest BCUT2D eigenvalue weighted by Crippen LogP contribution is -2.28. The van der Waals surface area contributed by atoms with Gasteiger partial charge >= 0.3 is 0 Å². The summed E-state index contributed by atoms with van der Waals surface area (Å²) in [6, 6.07) is 4.84. The molecule has 2 rings (SSSR count). The first-order valence-electron chi connectivity index (χ1n) is 6.51. The molecular weight excluding hydrogens is 284 g/mol. The molecular formula is C13H19ClN2O2S. The zero-order valence-electron chi connectivity index (χ0n) is 10.7. The van der Waals surface area contributed by atoms with E-state index in [0.717, 1.165) is 12.0 Å². The summed E-state index contributed by atoms with van der Waals surface area (Å²) in [5.41, 5.74) is 6.27. The Morgan fingerprint density at radius 2 is 2.11 bits per heavy atom. The summed E-state index contributed by atoms with van der Waals surface area (Å²) in [4.78, 5) is 0.116. The molecule has 1 fully saturated rings. The number of rotatable bonds is 6. The highest BCUT2D eigenvalue weighted by Crippen LogP contribution is 2.29. The standard InChI is InChI=1S/C13H19ClN2O2S/c14-12-5-4-11(9-15)8-13(12)19(17,18)16-7-6-10-2-1-3-10/h4-5,8,10,16H,1-3,6-7,9,15H2. The van der Waals surface area contributed by atoms with Crippen molar-refractivity contribution in [3.63, 3.8) is 0 Å². The first kappa shape index (κ1) is 14.8. The van der Waals surface area contributed by atoms with Gasteiger partial charge in [-0.2, -0.15) is 0 Å². The van der Waals surface area contributed by atoms with Crippen LogP contribution in [0.3, 0.4) is 0 Å². The summed E-state index contributed by atoms with van der Waals surface area (Å²) < 4.78 is 27.0. The third-order valence-corrected chi connectivity index (χ3v) is 5.53. The Kier molecular flexibility index (Phi) is 4.84. The average Bonchev–Trinajstić information content (AvgIpc) is 2.33. The summed E-state index contributed by atoms with van der Waals surface area (Å²) in [6.45, 7) is 0.762. The molecule has 19 heavy (non-hydrogen) atoms. The van der Waals surface area contributed by atoms with Crippen molar-refractivity contribution in [2.75, 3.05) is 6.54 Å². The molecule has 6 heteroatoms. The molecule has 1 aromatic rings. The van der Waals surface area contributed by atoms with Crippen LogP contribution >= 0.6 is 11.6 Å². The van der Waals surface area contributed by atoms with Crippen LogP contribution < -0.4 is 10.5 Å². The highest BCUT2D eigenvalue weighted by atomic mass is 35.5. The first-order chi connectivity index (χ1) is 9.03. The molecule has 0 saturated heterocycles. The van der Waals surface area contributed by atoms with Gasteiger partial charge in [-0.3, -0.25) is 0 Å². The van der Waals surface area contributed by atoms with Gasteiger partial charge in [0, 0.05) is 13.1 Å². The van der Waals surface area contributed by atoms with Gasteiger partial charge in [0.25, 0.3) is 0 Å². The van der Waals surface area contributed by atoms with E-state index in [1.54, 1.807) is 12.1 Å². The Labute approximate surface area is 119 Å². The number of sulfonamides is 1. The number of nitrogens with one attached hydrogen (secondary N) is 1. The van der Waals surface area contributed by atoms with E-state index in [4.69, 9.17) is 17.3 Å². The van der Waals surface area contributed by atoms with Crippen LogP contribution in [0.5, 0.6) is 0 Å². The Morgan fingerprint density at radius 3 is 2.68 bits per heavy atom. The van der Waals surface area contributed by atoms with E-state index in [1.165, 1.54) is 25.3 Å². The van der Waals surface area contributed by atoms with Crippen LogP contribution in [-0.2, 0) is 16.6 Å². The Balaban J connectivity index is 2.05. The van der Waals surface area contributed by atoms with E-state index in [2.05, 4.69) is 4.72 Å². The first-order valence-corrected chi connectivity index (χ1v) is 8.37. The highest BCUT2D eigenvalue weighted by Gasteiger charge is 2.21. The maximum absolute atomic E-state index is 12.2. The fourth-order valence-corrected chi connectivity index (χ4v) is 3.73. The third kappa shape index (κ3) is 3.69. The van der Waals surface area contributed by atoms with Crippen molar-refractivity contribution in [3.05, 3.63) is 28.8 Å². The lowest BCUT2D eigenvalue weighted by atomic mass is 9.83. The Morgan fingerprint density at radius 1 is 1.37 bits per heavy atom. The molecule has 0 aromatic heterocycles. The van der Waals surface area contributed by atoms with Crippen molar-refractivity contribution < 1.29 is 8.42 Å². The molecule has 0 atom stereocenters. The Bertz CT molecular complexity index is 542. The van der Waals surface area contributed by atoms with Crippen LogP contribution in [0.1, 0.15) is 31.2 Å². The SMILES string of the molecule is NCc1ccc(Cl)c(S(=O)(=O)NCCC2CCC2)c1. The average molecular weight is 303 g/mol. The minimum atomic E-state index is -3.54. The van der Waals surface area contributed by atoms with Gasteiger partial charge in [-0.05, 0) is 30.0 Å². The fraction of sp³-hybridized carbons (Fsp3) is 0.538. The quantitative estimate of drug-likeness (QED) is 0.846. The molecule has 0 bridgehead atoms. The van der Waals surface area contributed by atoms with Gasteiger partial charge in [-0.15, -0.1) is 0 Å². The minimum absolute atomic E-state index is 0.116. The van der Waals surface area contributed by atoms with Crippen LogP contribution in [0.15, 0.2) is 23.1 Å². The molecule has 0 amide bonds. The molecule has 3 N–H and O–H groups in total. The Hall–Kier alpha value is -0.620. The third-order valence-electron chi connectivity index (χ3n) is 3.59. The van der Waals surface area contributed by atoms with Crippen molar-refractivity contribution in [1.29, 1.82) is 0 Å². The lowest BCUT2D eigenvalue weighted by Gasteiger charge is -2.25. The molecule has 0 heterocycles. The number of nitrogens with two attached hydrogens (primary N) is 1. The van der Waals surface area contributed by atoms with Crippen LogP contribution in [0.2, 0.25) is 5.02 Å². The van der Waals surface area contributed by atoms with Crippen molar-refractivity contribution in [2.45, 2.75) is 37.1 Å². The smallest absolute Gasteiger partial charge is 0.242 e. The summed E-state index contributed by atoms with van der Waals surface area (Å²) in [7, 11) is -3.54. The molecule has 4 nitrogen and oxygen atoms in total. The molecule has 1 saturated carbocycles. The monoisotopic (exact) mass is 302 g/mol. The summed E-state index contributed by atoms with van der Waals surface area (Å²) in [6.07, 6.45) is 4.59. The number of halogens is 1. The molecule has 1 aliphatic carbocycles. The lowest BCUT2D eigenvalue weighted by molar-refractivity contribution is 0.297. The van der Waals surface area contributed by atoms with Crippen LogP contribution in [-0.4, -0.2) is 15.0 Å². The van der Waals surface area contributed by atoms with Gasteiger partial charge in [0.2, 0.25) is 10.0 Å². The molecule has 0 radical (unpaired) electrons. The molecule has 0 aliphatic heterocycles. The summed E-state index contributed by atoms with van der Waals surface area (Å²) in [5, 5.41) is 0.230. The van der Waals surface area contributed by atoms with Crippen molar-refractivity contribution in [1.82, 2.24) is 4.72 Å². The normalized spacial score (nSPS) is 16.3. The second kappa shape index (κ2) is 6.22. The largest absolute Gasteiger partial charge is 0.326 e. The van der Waals surface area contributed by atoms with E-state index in [0.29, 0.717) is 19.0 Å².